The van der Waals surface area contributed by atoms with E-state index in [1.54, 1.807) is 47.7 Å². The van der Waals surface area contributed by atoms with Crippen LogP contribution in [0.4, 0.5) is 0 Å². The molecular weight excluding hydrogens is 310 g/mol. The summed E-state index contributed by atoms with van der Waals surface area (Å²) in [5.74, 6) is -0.894. The van der Waals surface area contributed by atoms with E-state index in [1.807, 2.05) is 0 Å². The van der Waals surface area contributed by atoms with Crippen LogP contribution in [0.15, 0.2) is 22.0 Å². The second-order valence-electron chi connectivity index (χ2n) is 7.21. The lowest BCUT2D eigenvalue weighted by atomic mass is 10.0. The van der Waals surface area contributed by atoms with E-state index in [0.29, 0.717) is 16.5 Å². The first kappa shape index (κ1) is 17.9. The number of aryl methyl sites for hydroxylation is 1. The molecule has 2 aromatic rings. The third kappa shape index (κ3) is 3.39. The molecule has 7 nitrogen and oxygen atoms in total. The van der Waals surface area contributed by atoms with Crippen LogP contribution < -0.4 is 11.2 Å². The molecule has 0 aliphatic rings. The number of ether oxygens (including phenoxy) is 1. The Kier molecular flexibility index (Phi) is 4.64. The molecule has 0 aliphatic heterocycles. The summed E-state index contributed by atoms with van der Waals surface area (Å²) in [6, 6.07) is -1.00. The van der Waals surface area contributed by atoms with Crippen molar-refractivity contribution in [3.63, 3.8) is 0 Å². The molecule has 0 unspecified atom stereocenters. The molecule has 0 amide bonds. The maximum Gasteiger partial charge on any atom is 0.330 e. The van der Waals surface area contributed by atoms with Gasteiger partial charge in [0, 0.05) is 6.20 Å². The summed E-state index contributed by atoms with van der Waals surface area (Å²) in [5, 5.41) is 0.346. The van der Waals surface area contributed by atoms with Crippen LogP contribution in [-0.4, -0.2) is 26.1 Å². The Labute approximate surface area is 139 Å². The maximum atomic E-state index is 12.9. The number of hydrogen-bond acceptors (Lipinski definition) is 5. The van der Waals surface area contributed by atoms with E-state index in [1.165, 1.54) is 6.20 Å². The Morgan fingerprint density at radius 2 is 1.88 bits per heavy atom. The fourth-order valence-electron chi connectivity index (χ4n) is 2.62. The average molecular weight is 333 g/mol. The fourth-order valence-corrected chi connectivity index (χ4v) is 2.62. The Bertz CT molecular complexity index is 887. The lowest BCUT2D eigenvalue weighted by Gasteiger charge is -2.26. The molecule has 2 heterocycles. The number of carbonyl (C=O) groups excluding carboxylic acids is 1. The van der Waals surface area contributed by atoms with Crippen molar-refractivity contribution in [3.05, 3.63) is 38.8 Å². The number of hydrogen-bond donors (Lipinski definition) is 1. The molecule has 0 bridgehead atoms. The number of rotatable bonds is 3. The van der Waals surface area contributed by atoms with Gasteiger partial charge >= 0.3 is 11.7 Å². The van der Waals surface area contributed by atoms with Crippen LogP contribution in [-0.2, 0) is 9.53 Å². The molecule has 1 atom stereocenters. The van der Waals surface area contributed by atoms with Crippen molar-refractivity contribution < 1.29 is 9.53 Å². The van der Waals surface area contributed by atoms with Gasteiger partial charge in [0.05, 0.1) is 17.1 Å². The first-order valence-corrected chi connectivity index (χ1v) is 7.85. The number of fused-ring (bicyclic) bond motifs is 1. The van der Waals surface area contributed by atoms with Gasteiger partial charge in [0.15, 0.2) is 0 Å². The zero-order valence-electron chi connectivity index (χ0n) is 14.8. The number of aromatic nitrogens is 3. The number of pyridine rings is 1. The van der Waals surface area contributed by atoms with E-state index >= 15 is 0 Å². The van der Waals surface area contributed by atoms with E-state index in [0.717, 1.165) is 4.57 Å². The Morgan fingerprint density at radius 3 is 2.42 bits per heavy atom. The van der Waals surface area contributed by atoms with E-state index in [-0.39, 0.29) is 5.92 Å². The van der Waals surface area contributed by atoms with E-state index < -0.39 is 28.9 Å². The SMILES string of the molecule is Cc1cncc2[nH]c(=O)n([C@H](C(=O)OC(C)(C)C)C(C)C)c(=O)c12. The molecule has 2 aromatic heterocycles. The van der Waals surface area contributed by atoms with Gasteiger partial charge in [0.2, 0.25) is 0 Å². The monoisotopic (exact) mass is 333 g/mol. The Morgan fingerprint density at radius 1 is 1.25 bits per heavy atom. The number of nitrogens with zero attached hydrogens (tertiary/aromatic N) is 2. The predicted octanol–water partition coefficient (Wildman–Crippen LogP) is 1.93. The minimum atomic E-state index is -1.00. The quantitative estimate of drug-likeness (QED) is 0.866. The van der Waals surface area contributed by atoms with E-state index in [4.69, 9.17) is 4.74 Å². The van der Waals surface area contributed by atoms with Gasteiger partial charge in [-0.25, -0.2) is 14.2 Å². The third-order valence-corrected chi connectivity index (χ3v) is 3.59. The van der Waals surface area contributed by atoms with Gasteiger partial charge in [-0.1, -0.05) is 13.8 Å². The third-order valence-electron chi connectivity index (χ3n) is 3.59. The maximum absolute atomic E-state index is 12.9. The first-order valence-electron chi connectivity index (χ1n) is 7.85. The van der Waals surface area contributed by atoms with Gasteiger partial charge < -0.3 is 9.72 Å². The molecule has 0 aliphatic carbocycles. The number of aromatic amines is 1. The number of carbonyl (C=O) groups is 1. The molecule has 2 rings (SSSR count). The zero-order valence-corrected chi connectivity index (χ0v) is 14.8. The van der Waals surface area contributed by atoms with Crippen LogP contribution in [0.1, 0.15) is 46.2 Å². The van der Waals surface area contributed by atoms with Crippen molar-refractivity contribution in [2.24, 2.45) is 5.92 Å². The molecule has 130 valence electrons. The largest absolute Gasteiger partial charge is 0.458 e. The molecule has 7 heteroatoms. The minimum absolute atomic E-state index is 0.293. The van der Waals surface area contributed by atoms with Gasteiger partial charge in [-0.2, -0.15) is 0 Å². The second kappa shape index (κ2) is 6.22. The molecule has 0 fully saturated rings. The minimum Gasteiger partial charge on any atom is -0.458 e. The highest BCUT2D eigenvalue weighted by Crippen LogP contribution is 2.21. The molecule has 1 N–H and O–H groups in total. The summed E-state index contributed by atoms with van der Waals surface area (Å²) in [5.41, 5.74) is -0.887. The molecule has 0 aromatic carbocycles. The number of esters is 1. The molecule has 0 radical (unpaired) electrons. The average Bonchev–Trinajstić information content (AvgIpc) is 2.40. The number of H-pyrrole nitrogens is 1. The van der Waals surface area contributed by atoms with Crippen molar-refractivity contribution in [2.75, 3.05) is 0 Å². The van der Waals surface area contributed by atoms with Crippen molar-refractivity contribution in [1.82, 2.24) is 14.5 Å². The summed E-state index contributed by atoms with van der Waals surface area (Å²) < 4.78 is 6.36. The second-order valence-corrected chi connectivity index (χ2v) is 7.21. The summed E-state index contributed by atoms with van der Waals surface area (Å²) in [4.78, 5) is 44.5. The highest BCUT2D eigenvalue weighted by molar-refractivity contribution is 5.80. The van der Waals surface area contributed by atoms with Gasteiger partial charge in [-0.15, -0.1) is 0 Å². The van der Waals surface area contributed by atoms with E-state index in [2.05, 4.69) is 9.97 Å². The van der Waals surface area contributed by atoms with Gasteiger partial charge in [0.1, 0.15) is 11.6 Å². The fraction of sp³-hybridized carbons (Fsp3) is 0.529. The molecular formula is C17H23N3O4. The van der Waals surface area contributed by atoms with Crippen LogP contribution in [0, 0.1) is 12.8 Å². The van der Waals surface area contributed by atoms with Crippen molar-refractivity contribution in [3.8, 4) is 0 Å². The molecule has 0 saturated carbocycles. The van der Waals surface area contributed by atoms with Crippen LogP contribution >= 0.6 is 0 Å². The van der Waals surface area contributed by atoms with E-state index in [9.17, 15) is 14.4 Å². The topological polar surface area (TPSA) is 94.1 Å². The van der Waals surface area contributed by atoms with Gasteiger partial charge in [0.25, 0.3) is 5.56 Å². The van der Waals surface area contributed by atoms with Crippen molar-refractivity contribution in [1.29, 1.82) is 0 Å². The zero-order chi connectivity index (χ0) is 18.2. The smallest absolute Gasteiger partial charge is 0.330 e. The van der Waals surface area contributed by atoms with Crippen LogP contribution in [0.3, 0.4) is 0 Å². The number of nitrogens with one attached hydrogen (secondary N) is 1. The predicted molar refractivity (Wildman–Crippen MR) is 91.1 cm³/mol. The molecule has 24 heavy (non-hydrogen) atoms. The lowest BCUT2D eigenvalue weighted by Crippen LogP contribution is -2.45. The Hall–Kier alpha value is -2.44. The summed E-state index contributed by atoms with van der Waals surface area (Å²) in [6.07, 6.45) is 2.97. The van der Waals surface area contributed by atoms with Crippen molar-refractivity contribution >= 4 is 16.9 Å². The van der Waals surface area contributed by atoms with Crippen molar-refractivity contribution in [2.45, 2.75) is 53.2 Å². The summed E-state index contributed by atoms with van der Waals surface area (Å²) >= 11 is 0. The highest BCUT2D eigenvalue weighted by Gasteiger charge is 2.32. The standard InChI is InChI=1S/C17H23N3O4/c1-9(2)13(15(22)24-17(4,5)6)20-14(21)12-10(3)7-18-8-11(12)19-16(20)23/h7-9,13H,1-6H3,(H,19,23)/t13-/m0/s1. The summed E-state index contributed by atoms with van der Waals surface area (Å²) in [6.45, 7) is 10.5. The van der Waals surface area contributed by atoms with Gasteiger partial charge in [-0.3, -0.25) is 9.78 Å². The van der Waals surface area contributed by atoms with Gasteiger partial charge in [-0.05, 0) is 39.2 Å². The normalized spacial score (nSPS) is 13.3. The summed E-state index contributed by atoms with van der Waals surface area (Å²) in [7, 11) is 0. The van der Waals surface area contributed by atoms with Crippen LogP contribution in [0.5, 0.6) is 0 Å². The lowest BCUT2D eigenvalue weighted by molar-refractivity contribution is -0.160. The first-order chi connectivity index (χ1) is 11.0. The highest BCUT2D eigenvalue weighted by atomic mass is 16.6. The molecule has 0 spiro atoms. The van der Waals surface area contributed by atoms with Crippen LogP contribution in [0.25, 0.3) is 10.9 Å². The van der Waals surface area contributed by atoms with Crippen LogP contribution in [0.2, 0.25) is 0 Å². The molecule has 0 saturated heterocycles. The Balaban J connectivity index is 2.72.